The molecule has 0 unspecified atom stereocenters. The number of hydrogen-bond acceptors (Lipinski definition) is 2. The van der Waals surface area contributed by atoms with Gasteiger partial charge in [0.1, 0.15) is 5.75 Å². The van der Waals surface area contributed by atoms with Crippen molar-refractivity contribution in [2.24, 2.45) is 0 Å². The zero-order valence-corrected chi connectivity index (χ0v) is 10.2. The van der Waals surface area contributed by atoms with Crippen molar-refractivity contribution >= 4 is 23.2 Å². The molecule has 0 radical (unpaired) electrons. The van der Waals surface area contributed by atoms with Crippen LogP contribution in [-0.4, -0.2) is 11.0 Å². The molecule has 2 N–H and O–H groups in total. The van der Waals surface area contributed by atoms with Gasteiger partial charge >= 0.3 is 0 Å². The summed E-state index contributed by atoms with van der Waals surface area (Å²) in [6.07, 6.45) is 0.386. The third-order valence-corrected chi connectivity index (χ3v) is 3.31. The molecule has 0 atom stereocenters. The van der Waals surface area contributed by atoms with Crippen LogP contribution in [0.1, 0.15) is 5.56 Å². The smallest absolute Gasteiger partial charge is 0.228 e. The average Bonchev–Trinajstić information content (AvgIpc) is 2.68. The summed E-state index contributed by atoms with van der Waals surface area (Å²) >= 11 is 6.22. The van der Waals surface area contributed by atoms with Crippen LogP contribution in [0.2, 0.25) is 5.02 Å². The van der Waals surface area contributed by atoms with Crippen molar-refractivity contribution in [3.05, 3.63) is 47.0 Å². The molecule has 2 aromatic rings. The molecule has 1 heterocycles. The Labute approximate surface area is 109 Å². The molecule has 0 saturated carbocycles. The molecule has 0 fully saturated rings. The first-order valence-corrected chi connectivity index (χ1v) is 5.93. The van der Waals surface area contributed by atoms with Crippen LogP contribution in [0.4, 0.5) is 5.69 Å². The Morgan fingerprint density at radius 2 is 1.89 bits per heavy atom. The van der Waals surface area contributed by atoms with Crippen molar-refractivity contribution in [3.63, 3.8) is 0 Å². The van der Waals surface area contributed by atoms with E-state index in [1.165, 1.54) is 0 Å². The van der Waals surface area contributed by atoms with Crippen LogP contribution in [0.5, 0.6) is 5.75 Å². The highest BCUT2D eigenvalue weighted by Crippen LogP contribution is 2.35. The van der Waals surface area contributed by atoms with E-state index in [0.717, 1.165) is 22.4 Å². The van der Waals surface area contributed by atoms with E-state index < -0.39 is 0 Å². The number of benzene rings is 2. The molecule has 90 valence electrons. The standard InChI is InChI=1S/C14H10ClNO2/c15-12-7-13-9(6-14(18)16-13)5-11(12)8-1-3-10(17)4-2-8/h1-5,7,17H,6H2,(H,16,18). The maximum Gasteiger partial charge on any atom is 0.228 e. The van der Waals surface area contributed by atoms with E-state index >= 15 is 0 Å². The summed E-state index contributed by atoms with van der Waals surface area (Å²) < 4.78 is 0. The van der Waals surface area contributed by atoms with E-state index in [9.17, 15) is 9.90 Å². The minimum Gasteiger partial charge on any atom is -0.508 e. The first-order valence-electron chi connectivity index (χ1n) is 5.55. The fourth-order valence-corrected chi connectivity index (χ4v) is 2.38. The molecule has 0 bridgehead atoms. The Morgan fingerprint density at radius 3 is 2.61 bits per heavy atom. The average molecular weight is 260 g/mol. The molecule has 4 heteroatoms. The number of carbonyl (C=O) groups is 1. The van der Waals surface area contributed by atoms with Gasteiger partial charge in [-0.05, 0) is 35.4 Å². The number of phenolic OH excluding ortho intramolecular Hbond substituents is 1. The van der Waals surface area contributed by atoms with E-state index in [1.54, 1.807) is 30.3 Å². The first kappa shape index (κ1) is 11.1. The van der Waals surface area contributed by atoms with Gasteiger partial charge in [0.05, 0.1) is 11.4 Å². The zero-order chi connectivity index (χ0) is 12.7. The maximum atomic E-state index is 11.3. The van der Waals surface area contributed by atoms with Gasteiger partial charge in [0.15, 0.2) is 0 Å². The Balaban J connectivity index is 2.11. The molecular weight excluding hydrogens is 250 g/mol. The molecule has 0 saturated heterocycles. The highest BCUT2D eigenvalue weighted by atomic mass is 35.5. The summed E-state index contributed by atoms with van der Waals surface area (Å²) in [5, 5.41) is 12.6. The Kier molecular flexibility index (Phi) is 2.49. The molecule has 1 aliphatic heterocycles. The van der Waals surface area contributed by atoms with Crippen LogP contribution in [0.3, 0.4) is 0 Å². The van der Waals surface area contributed by atoms with Gasteiger partial charge in [0.2, 0.25) is 5.91 Å². The minimum absolute atomic E-state index is 0.0103. The van der Waals surface area contributed by atoms with Crippen molar-refractivity contribution in [1.82, 2.24) is 0 Å². The number of anilines is 1. The van der Waals surface area contributed by atoms with Gasteiger partial charge in [-0.15, -0.1) is 0 Å². The molecule has 0 spiro atoms. The van der Waals surface area contributed by atoms with Crippen molar-refractivity contribution in [2.45, 2.75) is 6.42 Å². The third kappa shape index (κ3) is 1.83. The van der Waals surface area contributed by atoms with Crippen molar-refractivity contribution in [1.29, 1.82) is 0 Å². The number of phenols is 1. The molecule has 1 aliphatic rings. The summed E-state index contributed by atoms with van der Waals surface area (Å²) in [7, 11) is 0. The minimum atomic E-state index is -0.0103. The summed E-state index contributed by atoms with van der Waals surface area (Å²) in [5.74, 6) is 0.205. The lowest BCUT2D eigenvalue weighted by Crippen LogP contribution is -2.03. The fraction of sp³-hybridized carbons (Fsp3) is 0.0714. The van der Waals surface area contributed by atoms with Crippen molar-refractivity contribution in [2.75, 3.05) is 5.32 Å². The SMILES string of the molecule is O=C1Cc2cc(-c3ccc(O)cc3)c(Cl)cc2N1. The highest BCUT2D eigenvalue weighted by Gasteiger charge is 2.19. The molecule has 0 aliphatic carbocycles. The second-order valence-corrected chi connectivity index (χ2v) is 4.67. The fourth-order valence-electron chi connectivity index (χ4n) is 2.11. The normalized spacial score (nSPS) is 13.3. The van der Waals surface area contributed by atoms with Gasteiger partial charge in [-0.2, -0.15) is 0 Å². The van der Waals surface area contributed by atoms with E-state index in [0.29, 0.717) is 11.4 Å². The zero-order valence-electron chi connectivity index (χ0n) is 9.40. The predicted molar refractivity (Wildman–Crippen MR) is 70.9 cm³/mol. The number of rotatable bonds is 1. The number of aromatic hydroxyl groups is 1. The second kappa shape index (κ2) is 4.03. The summed E-state index contributed by atoms with van der Waals surface area (Å²) in [5.41, 5.74) is 3.52. The number of hydrogen-bond donors (Lipinski definition) is 2. The lowest BCUT2D eigenvalue weighted by atomic mass is 10.0. The lowest BCUT2D eigenvalue weighted by Gasteiger charge is -2.08. The van der Waals surface area contributed by atoms with Gasteiger partial charge < -0.3 is 10.4 Å². The number of amides is 1. The highest BCUT2D eigenvalue weighted by molar-refractivity contribution is 6.34. The van der Waals surface area contributed by atoms with E-state index in [-0.39, 0.29) is 11.7 Å². The molecule has 3 rings (SSSR count). The molecule has 2 aromatic carbocycles. The topological polar surface area (TPSA) is 49.3 Å². The van der Waals surface area contributed by atoms with Crippen LogP contribution >= 0.6 is 11.6 Å². The second-order valence-electron chi connectivity index (χ2n) is 4.26. The van der Waals surface area contributed by atoms with Crippen molar-refractivity contribution in [3.8, 4) is 16.9 Å². The Bertz CT molecular complexity index is 635. The number of fused-ring (bicyclic) bond motifs is 1. The molecule has 3 nitrogen and oxygen atoms in total. The molecular formula is C14H10ClNO2. The molecule has 0 aromatic heterocycles. The van der Waals surface area contributed by atoms with Crippen LogP contribution in [0, 0.1) is 0 Å². The number of carbonyl (C=O) groups excluding carboxylic acids is 1. The van der Waals surface area contributed by atoms with Crippen LogP contribution < -0.4 is 5.32 Å². The van der Waals surface area contributed by atoms with E-state index in [4.69, 9.17) is 11.6 Å². The lowest BCUT2D eigenvalue weighted by molar-refractivity contribution is -0.115. The predicted octanol–water partition coefficient (Wildman–Crippen LogP) is 3.21. The van der Waals surface area contributed by atoms with Gasteiger partial charge in [0, 0.05) is 11.3 Å². The first-order chi connectivity index (χ1) is 8.63. The van der Waals surface area contributed by atoms with E-state index in [1.807, 2.05) is 6.07 Å². The van der Waals surface area contributed by atoms with Crippen molar-refractivity contribution < 1.29 is 9.90 Å². The maximum absolute atomic E-state index is 11.3. The Morgan fingerprint density at radius 1 is 1.17 bits per heavy atom. The van der Waals surface area contributed by atoms with Gasteiger partial charge in [0.25, 0.3) is 0 Å². The van der Waals surface area contributed by atoms with Crippen LogP contribution in [0.15, 0.2) is 36.4 Å². The van der Waals surface area contributed by atoms with Gasteiger partial charge in [-0.25, -0.2) is 0 Å². The van der Waals surface area contributed by atoms with Crippen LogP contribution in [-0.2, 0) is 11.2 Å². The summed E-state index contributed by atoms with van der Waals surface area (Å²) in [4.78, 5) is 11.3. The Hall–Kier alpha value is -2.00. The van der Waals surface area contributed by atoms with Crippen LogP contribution in [0.25, 0.3) is 11.1 Å². The molecule has 18 heavy (non-hydrogen) atoms. The summed E-state index contributed by atoms with van der Waals surface area (Å²) in [6, 6.07) is 10.5. The van der Waals surface area contributed by atoms with E-state index in [2.05, 4.69) is 5.32 Å². The largest absolute Gasteiger partial charge is 0.508 e. The third-order valence-electron chi connectivity index (χ3n) is 3.00. The number of nitrogens with one attached hydrogen (secondary N) is 1. The molecule has 1 amide bonds. The number of halogens is 1. The van der Waals surface area contributed by atoms with Gasteiger partial charge in [-0.1, -0.05) is 23.7 Å². The quantitative estimate of drug-likeness (QED) is 0.826. The summed E-state index contributed by atoms with van der Waals surface area (Å²) in [6.45, 7) is 0. The monoisotopic (exact) mass is 259 g/mol. The van der Waals surface area contributed by atoms with Gasteiger partial charge in [-0.3, -0.25) is 4.79 Å².